The van der Waals surface area contributed by atoms with Crippen molar-refractivity contribution in [1.29, 1.82) is 0 Å². The van der Waals surface area contributed by atoms with Crippen molar-refractivity contribution in [3.8, 4) is 5.75 Å². The van der Waals surface area contributed by atoms with E-state index in [4.69, 9.17) is 14.2 Å². The number of ether oxygens (including phenoxy) is 3. The molecule has 0 aliphatic carbocycles. The molecule has 0 fully saturated rings. The van der Waals surface area contributed by atoms with Crippen molar-refractivity contribution in [2.24, 2.45) is 0 Å². The summed E-state index contributed by atoms with van der Waals surface area (Å²) in [4.78, 5) is 14.4. The van der Waals surface area contributed by atoms with Gasteiger partial charge in [-0.05, 0) is 43.7 Å². The van der Waals surface area contributed by atoms with Crippen molar-refractivity contribution >= 4 is 38.3 Å². The third-order valence-electron chi connectivity index (χ3n) is 6.24. The third-order valence-corrected chi connectivity index (χ3v) is 8.02. The summed E-state index contributed by atoms with van der Waals surface area (Å²) in [6.07, 6.45) is -0.541. The molecule has 2 heterocycles. The number of aryl methyl sites for hydroxylation is 1. The fourth-order valence-corrected chi connectivity index (χ4v) is 6.17. The molecule has 1 unspecified atom stereocenters. The molecule has 1 atom stereocenters. The van der Waals surface area contributed by atoms with E-state index in [9.17, 15) is 13.2 Å². The van der Waals surface area contributed by atoms with Gasteiger partial charge >= 0.3 is 6.09 Å². The molecule has 2 aliphatic rings. The fourth-order valence-electron chi connectivity index (χ4n) is 4.71. The number of fused-ring (bicyclic) bond motifs is 2. The Morgan fingerprint density at radius 2 is 1.88 bits per heavy atom. The number of rotatable bonds is 4. The molecule has 5 rings (SSSR count). The molecule has 0 saturated heterocycles. The number of carbonyl (C=O) groups is 1. The van der Waals surface area contributed by atoms with Crippen LogP contribution in [-0.4, -0.2) is 40.6 Å². The second-order valence-electron chi connectivity index (χ2n) is 8.63. The molecular weight excluding hydrogens is 456 g/mol. The van der Waals surface area contributed by atoms with Gasteiger partial charge in [-0.3, -0.25) is 9.21 Å². The minimum atomic E-state index is -3.80. The number of hydrogen-bond acceptors (Lipinski definition) is 6. The summed E-state index contributed by atoms with van der Waals surface area (Å²) in [6, 6.07) is 14.1. The van der Waals surface area contributed by atoms with E-state index in [-0.39, 0.29) is 18.0 Å². The van der Waals surface area contributed by atoms with Gasteiger partial charge in [0.25, 0.3) is 10.0 Å². The smallest absolute Gasteiger partial charge is 0.414 e. The molecular formula is C25H26N2O6S. The lowest BCUT2D eigenvalue weighted by atomic mass is 10.0. The Morgan fingerprint density at radius 3 is 2.56 bits per heavy atom. The number of methoxy groups -OCH3 is 1. The van der Waals surface area contributed by atoms with Gasteiger partial charge < -0.3 is 14.2 Å². The summed E-state index contributed by atoms with van der Waals surface area (Å²) < 4.78 is 45.7. The van der Waals surface area contributed by atoms with Gasteiger partial charge in [0.05, 0.1) is 36.5 Å². The lowest BCUT2D eigenvalue weighted by molar-refractivity contribution is -0.162. The minimum absolute atomic E-state index is 0.135. The van der Waals surface area contributed by atoms with Gasteiger partial charge in [-0.2, -0.15) is 0 Å². The van der Waals surface area contributed by atoms with Crippen LogP contribution in [-0.2, 0) is 26.0 Å². The SMILES string of the molecule is CCOC1(C)CN(C(=O)OC)c2cc3c4c(cccc4c2O1)N(S(=O)(=O)c1ccc(C)cc1)C3. The quantitative estimate of drug-likeness (QED) is 0.541. The number of sulfonamides is 1. The molecule has 0 aromatic heterocycles. The highest BCUT2D eigenvalue weighted by Crippen LogP contribution is 2.50. The van der Waals surface area contributed by atoms with E-state index in [1.807, 2.05) is 26.0 Å². The van der Waals surface area contributed by atoms with Crippen LogP contribution in [0.15, 0.2) is 53.4 Å². The molecule has 8 nitrogen and oxygen atoms in total. The van der Waals surface area contributed by atoms with Crippen LogP contribution >= 0.6 is 0 Å². The molecule has 0 N–H and O–H groups in total. The molecule has 1 amide bonds. The normalized spacial score (nSPS) is 19.2. The fraction of sp³-hybridized carbons (Fsp3) is 0.320. The van der Waals surface area contributed by atoms with Gasteiger partial charge in [-0.1, -0.05) is 29.8 Å². The largest absolute Gasteiger partial charge is 0.458 e. The average Bonchev–Trinajstić information content (AvgIpc) is 3.20. The Hall–Kier alpha value is -3.30. The number of hydrogen-bond donors (Lipinski definition) is 0. The number of amides is 1. The molecule has 2 aliphatic heterocycles. The van der Waals surface area contributed by atoms with Crippen LogP contribution in [0.4, 0.5) is 16.2 Å². The summed E-state index contributed by atoms with van der Waals surface area (Å²) >= 11 is 0. The van der Waals surface area contributed by atoms with E-state index in [0.29, 0.717) is 29.1 Å². The van der Waals surface area contributed by atoms with E-state index < -0.39 is 21.9 Å². The second-order valence-corrected chi connectivity index (χ2v) is 10.5. The molecule has 0 radical (unpaired) electrons. The molecule has 3 aromatic rings. The first-order valence-corrected chi connectivity index (χ1v) is 12.5. The van der Waals surface area contributed by atoms with Crippen LogP contribution in [0, 0.1) is 6.92 Å². The Bertz CT molecular complexity index is 1400. The zero-order valence-electron chi connectivity index (χ0n) is 19.5. The molecule has 34 heavy (non-hydrogen) atoms. The highest BCUT2D eigenvalue weighted by Gasteiger charge is 2.42. The number of carbonyl (C=O) groups excluding carboxylic acids is 1. The Balaban J connectivity index is 1.69. The Morgan fingerprint density at radius 1 is 1.15 bits per heavy atom. The summed E-state index contributed by atoms with van der Waals surface area (Å²) in [7, 11) is -2.47. The number of benzene rings is 3. The van der Waals surface area contributed by atoms with Gasteiger partial charge in [0, 0.05) is 24.3 Å². The van der Waals surface area contributed by atoms with E-state index in [0.717, 1.165) is 16.5 Å². The van der Waals surface area contributed by atoms with Crippen LogP contribution in [0.1, 0.15) is 25.0 Å². The summed E-state index contributed by atoms with van der Waals surface area (Å²) in [5.74, 6) is -0.620. The first-order chi connectivity index (χ1) is 16.2. The lowest BCUT2D eigenvalue weighted by Gasteiger charge is -2.41. The maximum Gasteiger partial charge on any atom is 0.414 e. The van der Waals surface area contributed by atoms with Crippen molar-refractivity contribution < 1.29 is 27.4 Å². The van der Waals surface area contributed by atoms with Crippen LogP contribution in [0.2, 0.25) is 0 Å². The molecule has 0 bridgehead atoms. The van der Waals surface area contributed by atoms with Gasteiger partial charge in [0.1, 0.15) is 0 Å². The van der Waals surface area contributed by atoms with Crippen LogP contribution < -0.4 is 13.9 Å². The zero-order valence-corrected chi connectivity index (χ0v) is 20.3. The predicted octanol–water partition coefficient (Wildman–Crippen LogP) is 4.58. The molecule has 9 heteroatoms. The van der Waals surface area contributed by atoms with Crippen LogP contribution in [0.3, 0.4) is 0 Å². The minimum Gasteiger partial charge on any atom is -0.458 e. The zero-order chi connectivity index (χ0) is 24.3. The molecule has 0 spiro atoms. The summed E-state index contributed by atoms with van der Waals surface area (Å²) in [6.45, 7) is 6.22. The first kappa shape index (κ1) is 22.5. The number of anilines is 2. The predicted molar refractivity (Wildman–Crippen MR) is 129 cm³/mol. The molecule has 0 saturated carbocycles. The maximum atomic E-state index is 13.6. The standard InChI is InChI=1S/C25H26N2O6S/c1-5-32-25(3)15-26(24(28)31-4)21-13-17-14-27(34(29,30)18-11-9-16(2)10-12-18)20-8-6-7-19(22(17)20)23(21)33-25/h6-13H,5,14-15H2,1-4H3. The van der Waals surface area contributed by atoms with Crippen molar-refractivity contribution in [3.05, 3.63) is 59.7 Å². The lowest BCUT2D eigenvalue weighted by Crippen LogP contribution is -2.52. The van der Waals surface area contributed by atoms with Gasteiger partial charge in [-0.25, -0.2) is 13.2 Å². The summed E-state index contributed by atoms with van der Waals surface area (Å²) in [5.41, 5.74) is 2.87. The van der Waals surface area contributed by atoms with Crippen molar-refractivity contribution in [1.82, 2.24) is 0 Å². The molecule has 178 valence electrons. The Kier molecular flexibility index (Phi) is 5.22. The second kappa shape index (κ2) is 7.89. The van der Waals surface area contributed by atoms with Crippen molar-refractivity contribution in [2.45, 2.75) is 38.0 Å². The number of nitrogens with zero attached hydrogens (tertiary/aromatic N) is 2. The van der Waals surface area contributed by atoms with Crippen molar-refractivity contribution in [3.63, 3.8) is 0 Å². The van der Waals surface area contributed by atoms with Crippen LogP contribution in [0.25, 0.3) is 10.8 Å². The van der Waals surface area contributed by atoms with Crippen LogP contribution in [0.5, 0.6) is 5.75 Å². The monoisotopic (exact) mass is 482 g/mol. The van der Waals surface area contributed by atoms with E-state index in [1.54, 1.807) is 43.3 Å². The van der Waals surface area contributed by atoms with Crippen molar-refractivity contribution in [2.75, 3.05) is 29.5 Å². The highest BCUT2D eigenvalue weighted by molar-refractivity contribution is 7.92. The van der Waals surface area contributed by atoms with Gasteiger partial charge in [0.15, 0.2) is 5.75 Å². The highest BCUT2D eigenvalue weighted by atomic mass is 32.2. The van der Waals surface area contributed by atoms with E-state index >= 15 is 0 Å². The first-order valence-electron chi connectivity index (χ1n) is 11.0. The third kappa shape index (κ3) is 3.38. The topological polar surface area (TPSA) is 85.4 Å². The maximum absolute atomic E-state index is 13.6. The summed E-state index contributed by atoms with van der Waals surface area (Å²) in [5, 5.41) is 1.49. The van der Waals surface area contributed by atoms with Gasteiger partial charge in [-0.15, -0.1) is 0 Å². The Labute approximate surface area is 198 Å². The molecule has 3 aromatic carbocycles. The van der Waals surface area contributed by atoms with E-state index in [2.05, 4.69) is 0 Å². The van der Waals surface area contributed by atoms with Gasteiger partial charge in [0.2, 0.25) is 5.79 Å². The average molecular weight is 483 g/mol. The van der Waals surface area contributed by atoms with E-state index in [1.165, 1.54) is 16.3 Å².